The van der Waals surface area contributed by atoms with Crippen LogP contribution in [0.15, 0.2) is 78.9 Å². The molecular formula is C53H97Ar12NY2-4. The molecule has 68 heavy (non-hydrogen) atoms. The summed E-state index contributed by atoms with van der Waals surface area (Å²) >= 11 is 0. The van der Waals surface area contributed by atoms with Gasteiger partial charge in [0.15, 0.2) is 0 Å². The van der Waals surface area contributed by atoms with E-state index in [1.54, 1.807) is 0 Å². The topological polar surface area (TPSA) is 4.93 Å². The molecule has 0 saturated heterocycles. The summed E-state index contributed by atoms with van der Waals surface area (Å²) in [5.74, 6) is 0. The maximum absolute atomic E-state index is 2.32. The average Bonchev–Trinajstić information content (AvgIpc) is 3.36. The number of rotatable bonds is 2. The van der Waals surface area contributed by atoms with Gasteiger partial charge >= 0.3 is 0 Å². The molecule has 0 spiro atoms. The SMILES string of the molecule is C.C.C.C.CC.CC.CC.CC.CCc1cccc(-c2cccc(C(C)(C)C)c2C)c1C.Cn1c2ccccc2c2cccc(C(C)(C)C)c21.[Ar].[Ar].[Ar].[Ar].[Ar].[Ar].[Ar].[Ar].[Ar].[Ar].[Ar].[Ar].[CH3-].[CH3-].[CH3-].[CH3-].[Y].[Y]. The van der Waals surface area contributed by atoms with Crippen molar-refractivity contribution in [3.63, 3.8) is 0 Å². The van der Waals surface area contributed by atoms with Gasteiger partial charge in [0.05, 0.1) is 5.52 Å². The molecule has 420 valence electrons. The van der Waals surface area contributed by atoms with Crippen LogP contribution in [-0.2, 0) is 89.7 Å². The number of hydrogen-bond donors (Lipinski definition) is 0. The maximum Gasteiger partial charge on any atom is 0.0526 e. The zero-order valence-electron chi connectivity index (χ0n) is 42.6. The van der Waals surface area contributed by atoms with Crippen molar-refractivity contribution < 1.29 is 518 Å². The van der Waals surface area contributed by atoms with Gasteiger partial charge in [0, 0.05) is 542 Å². The quantitative estimate of drug-likeness (QED) is 0.155. The molecule has 5 aromatic rings. The molecule has 15 heteroatoms. The fourth-order valence-electron chi connectivity index (χ4n) is 5.94. The molecule has 0 aliphatic rings. The number of aromatic nitrogens is 1. The first-order chi connectivity index (χ1) is 21.9. The van der Waals surface area contributed by atoms with Crippen LogP contribution < -0.4 is 0 Å². The molecule has 0 N–H and O–H groups in total. The Kier molecular flexibility index (Phi) is 204. The van der Waals surface area contributed by atoms with E-state index in [2.05, 4.69) is 153 Å². The number of nitrogens with zero attached hydrogens (tertiary/aromatic N) is 1. The molecule has 0 aliphatic heterocycles. The molecule has 0 bridgehead atoms. The molecular weight excluding hydrogens is 1310 g/mol. The Balaban J connectivity index is -0.0000000192. The molecule has 1 aromatic heterocycles. The van der Waals surface area contributed by atoms with E-state index in [9.17, 15) is 0 Å². The van der Waals surface area contributed by atoms with E-state index < -0.39 is 0 Å². The van der Waals surface area contributed by atoms with Gasteiger partial charge in [-0.25, -0.2) is 0 Å². The van der Waals surface area contributed by atoms with Crippen molar-refractivity contribution in [3.05, 3.63) is 136 Å². The fraction of sp³-hybridized carbons (Fsp3) is 0.472. The van der Waals surface area contributed by atoms with Crippen LogP contribution in [0.4, 0.5) is 0 Å². The minimum absolute atomic E-state index is 0. The number of fused-ring (bicyclic) bond motifs is 3. The smallest absolute Gasteiger partial charge is 0.0526 e. The summed E-state index contributed by atoms with van der Waals surface area (Å²) in [7, 11) is 2.17. The van der Waals surface area contributed by atoms with Crippen molar-refractivity contribution >= 4 is 21.8 Å². The van der Waals surface area contributed by atoms with Crippen molar-refractivity contribution in [1.29, 1.82) is 0 Å². The van der Waals surface area contributed by atoms with Gasteiger partial charge in [-0.15, -0.1) is 0 Å². The van der Waals surface area contributed by atoms with E-state index in [-0.39, 0.29) is 589 Å². The van der Waals surface area contributed by atoms with E-state index in [4.69, 9.17) is 0 Å². The zero-order valence-corrected chi connectivity index (χ0v) is 56.7. The van der Waals surface area contributed by atoms with Crippen LogP contribution in [0.5, 0.6) is 0 Å². The Morgan fingerprint density at radius 1 is 0.397 bits per heavy atom. The number of hydrogen-bond acceptors (Lipinski definition) is 0. The first-order valence-electron chi connectivity index (χ1n) is 18.0. The summed E-state index contributed by atoms with van der Waals surface area (Å²) in [5.41, 5.74) is 12.9. The van der Waals surface area contributed by atoms with Gasteiger partial charge in [0.25, 0.3) is 0 Å². The Hall–Kier alpha value is 14.0. The van der Waals surface area contributed by atoms with Gasteiger partial charge in [-0.1, -0.05) is 206 Å². The summed E-state index contributed by atoms with van der Waals surface area (Å²) in [6, 6.07) is 28.7. The molecule has 5 rings (SSSR count). The van der Waals surface area contributed by atoms with Crippen LogP contribution in [-0.4, -0.2) is 4.57 Å². The average molecular weight is 1410 g/mol. The summed E-state index contributed by atoms with van der Waals surface area (Å²) in [5, 5.41) is 2.71. The van der Waals surface area contributed by atoms with Crippen LogP contribution >= 0.6 is 0 Å². The van der Waals surface area contributed by atoms with Gasteiger partial charge in [0.2, 0.25) is 0 Å². The monoisotopic (exact) mass is 1410 g/mol. The first-order valence-corrected chi connectivity index (χ1v) is 18.0. The van der Waals surface area contributed by atoms with Gasteiger partial charge < -0.3 is 34.3 Å². The van der Waals surface area contributed by atoms with Gasteiger partial charge in [0.1, 0.15) is 0 Å². The van der Waals surface area contributed by atoms with Gasteiger partial charge in [-0.3, -0.25) is 0 Å². The second-order valence-corrected chi connectivity index (χ2v) is 12.7. The van der Waals surface area contributed by atoms with E-state index in [0.717, 1.165) is 6.42 Å². The predicted octanol–water partition coefficient (Wildman–Crippen LogP) is 18.9. The summed E-state index contributed by atoms with van der Waals surface area (Å²) in [6.07, 6.45) is 1.09. The van der Waals surface area contributed by atoms with E-state index in [1.165, 1.54) is 60.8 Å². The van der Waals surface area contributed by atoms with E-state index in [1.807, 2.05) is 55.4 Å². The molecule has 0 atom stereocenters. The zero-order chi connectivity index (χ0) is 35.8. The second-order valence-electron chi connectivity index (χ2n) is 12.7. The van der Waals surface area contributed by atoms with Crippen LogP contribution in [0.2, 0.25) is 0 Å². The molecule has 0 unspecified atom stereocenters. The van der Waals surface area contributed by atoms with Crippen molar-refractivity contribution in [2.24, 2.45) is 7.05 Å². The maximum atomic E-state index is 2.32. The van der Waals surface area contributed by atoms with Crippen molar-refractivity contribution in [1.82, 2.24) is 4.57 Å². The van der Waals surface area contributed by atoms with E-state index in [0.29, 0.717) is 0 Å². The fourth-order valence-corrected chi connectivity index (χ4v) is 5.94. The number of aryl methyl sites for hydroxylation is 2. The molecule has 1 heterocycles. The minimum atomic E-state index is 0. The van der Waals surface area contributed by atoms with Crippen molar-refractivity contribution in [2.75, 3.05) is 0 Å². The molecule has 1 nitrogen and oxygen atoms in total. The van der Waals surface area contributed by atoms with Crippen LogP contribution in [0.3, 0.4) is 0 Å². The largest absolute Gasteiger partial charge is 0.358 e. The molecule has 0 fully saturated rings. The summed E-state index contributed by atoms with van der Waals surface area (Å²) in [4.78, 5) is 0. The Morgan fingerprint density at radius 2 is 0.691 bits per heavy atom. The second kappa shape index (κ2) is 89.8. The molecule has 4 aromatic carbocycles. The van der Waals surface area contributed by atoms with Crippen molar-refractivity contribution in [2.45, 2.75) is 165 Å². The Labute approximate surface area is 840 Å². The summed E-state index contributed by atoms with van der Waals surface area (Å²) in [6.45, 7) is 36.4. The molecule has 0 saturated carbocycles. The molecule has 0 aliphatic carbocycles. The number of para-hydroxylation sites is 2. The van der Waals surface area contributed by atoms with Crippen LogP contribution in [0.25, 0.3) is 32.9 Å². The molecule has 2 radical (unpaired) electrons. The Bertz CT molecular complexity index is 1640. The van der Waals surface area contributed by atoms with Crippen molar-refractivity contribution in [3.8, 4) is 11.1 Å². The Morgan fingerprint density at radius 3 is 1.04 bits per heavy atom. The third-order valence-electron chi connectivity index (χ3n) is 7.99. The minimum Gasteiger partial charge on any atom is -0.358 e. The predicted molar refractivity (Wildman–Crippen MR) is 267 cm³/mol. The third-order valence-corrected chi connectivity index (χ3v) is 7.99. The standard InChI is InChI=1S/C20H26.C17H19N.4C2H6.4CH4.4CH3.12Ar.2Y/c1-7-16-10-8-11-17(14(16)2)18-12-9-13-19(15(18)3)20(4,5)6;1-17(2,3)14-10-7-9-13-12-8-5-6-11-15(12)18(4)16(13)14;4*1-2;;;;;;;;;;;;;;;;;;;;;;/h8-13H,7H2,1-6H3;5-11H,1-4H3;4*1-2H3;4*1H4;4*1H3;;;;;;;;;;;;;;/q;;;;;;;;;;4*-1;;;;;;;;;;;;;;. The molecule has 0 amide bonds. The normalized spacial score (nSPS) is 7.09. The van der Waals surface area contributed by atoms with E-state index >= 15 is 0 Å². The van der Waals surface area contributed by atoms with Gasteiger partial charge in [-0.05, 0) is 76.1 Å². The first kappa shape index (κ1) is 155. The van der Waals surface area contributed by atoms with Gasteiger partial charge in [-0.2, -0.15) is 0 Å². The number of benzene rings is 4. The summed E-state index contributed by atoms with van der Waals surface area (Å²) < 4.78 is 2.32. The third kappa shape index (κ3) is 53.1. The van der Waals surface area contributed by atoms with Crippen LogP contribution in [0, 0.1) is 496 Å². The van der Waals surface area contributed by atoms with Crippen LogP contribution in [0.1, 0.15) is 161 Å².